The summed E-state index contributed by atoms with van der Waals surface area (Å²) < 4.78 is 26.9. The normalized spacial score (nSPS) is 19.1. The van der Waals surface area contributed by atoms with Crippen molar-refractivity contribution in [2.45, 2.75) is 56.1 Å². The Bertz CT molecular complexity index is 510. The first-order chi connectivity index (χ1) is 9.51. The van der Waals surface area contributed by atoms with Crippen LogP contribution in [-0.2, 0) is 10.0 Å². The first-order valence-corrected chi connectivity index (χ1v) is 8.56. The molecule has 1 fully saturated rings. The Morgan fingerprint density at radius 2 is 2.10 bits per heavy atom. The molecule has 0 spiro atoms. The van der Waals surface area contributed by atoms with Gasteiger partial charge in [0.05, 0.1) is 6.10 Å². The molecule has 0 amide bonds. The van der Waals surface area contributed by atoms with Crippen LogP contribution in [-0.4, -0.2) is 41.5 Å². The molecule has 1 aliphatic carbocycles. The minimum Gasteiger partial charge on any atom is -0.392 e. The predicted molar refractivity (Wildman–Crippen MR) is 76.7 cm³/mol. The van der Waals surface area contributed by atoms with E-state index in [1.807, 2.05) is 0 Å². The number of hydrogen-bond donors (Lipinski definition) is 1. The van der Waals surface area contributed by atoms with Crippen LogP contribution >= 0.6 is 0 Å². The highest BCUT2D eigenvalue weighted by molar-refractivity contribution is 7.89. The van der Waals surface area contributed by atoms with Crippen LogP contribution in [0.25, 0.3) is 0 Å². The Morgan fingerprint density at radius 3 is 2.65 bits per heavy atom. The van der Waals surface area contributed by atoms with Crippen molar-refractivity contribution in [2.24, 2.45) is 0 Å². The predicted octanol–water partition coefficient (Wildman–Crippen LogP) is 1.79. The fraction of sp³-hybridized carbons (Fsp3) is 0.643. The van der Waals surface area contributed by atoms with Crippen LogP contribution in [0.2, 0.25) is 0 Å². The van der Waals surface area contributed by atoms with Crippen molar-refractivity contribution in [2.75, 3.05) is 6.54 Å². The number of rotatable bonds is 5. The minimum absolute atomic E-state index is 0.0106. The fourth-order valence-corrected chi connectivity index (χ4v) is 4.44. The van der Waals surface area contributed by atoms with Crippen molar-refractivity contribution in [3.8, 4) is 0 Å². The Hall–Kier alpha value is -0.980. The molecule has 2 rings (SSSR count). The van der Waals surface area contributed by atoms with Gasteiger partial charge in [0.15, 0.2) is 0 Å². The molecule has 1 aromatic heterocycles. The van der Waals surface area contributed by atoms with Gasteiger partial charge in [-0.3, -0.25) is 4.98 Å². The first kappa shape index (κ1) is 15.4. The van der Waals surface area contributed by atoms with Crippen LogP contribution in [0.1, 0.15) is 39.0 Å². The Morgan fingerprint density at radius 1 is 1.40 bits per heavy atom. The van der Waals surface area contributed by atoms with Gasteiger partial charge in [-0.2, -0.15) is 4.31 Å². The van der Waals surface area contributed by atoms with Gasteiger partial charge in [-0.1, -0.05) is 19.3 Å². The molecule has 1 N–H and O–H groups in total. The van der Waals surface area contributed by atoms with E-state index in [1.54, 1.807) is 25.3 Å². The number of nitrogens with zero attached hydrogens (tertiary/aromatic N) is 2. The Labute approximate surface area is 120 Å². The smallest absolute Gasteiger partial charge is 0.244 e. The second-order valence-electron chi connectivity index (χ2n) is 5.40. The lowest BCUT2D eigenvalue weighted by molar-refractivity contribution is 0.136. The second kappa shape index (κ2) is 6.65. The number of sulfonamides is 1. The van der Waals surface area contributed by atoms with E-state index in [4.69, 9.17) is 0 Å². The average molecular weight is 298 g/mol. The topological polar surface area (TPSA) is 70.5 Å². The summed E-state index contributed by atoms with van der Waals surface area (Å²) in [7, 11) is -3.58. The fourth-order valence-electron chi connectivity index (χ4n) is 2.71. The highest BCUT2D eigenvalue weighted by atomic mass is 32.2. The third-order valence-electron chi connectivity index (χ3n) is 3.67. The zero-order valence-electron chi connectivity index (χ0n) is 11.8. The molecule has 0 bridgehead atoms. The first-order valence-electron chi connectivity index (χ1n) is 7.12. The molecule has 5 nitrogen and oxygen atoms in total. The lowest BCUT2D eigenvalue weighted by Gasteiger charge is -2.34. The van der Waals surface area contributed by atoms with Crippen molar-refractivity contribution in [3.05, 3.63) is 24.5 Å². The van der Waals surface area contributed by atoms with E-state index in [0.29, 0.717) is 0 Å². The molecule has 0 radical (unpaired) electrons. The quantitative estimate of drug-likeness (QED) is 0.899. The highest BCUT2D eigenvalue weighted by Crippen LogP contribution is 2.27. The molecule has 1 heterocycles. The van der Waals surface area contributed by atoms with Crippen LogP contribution in [0, 0.1) is 0 Å². The van der Waals surface area contributed by atoms with E-state index < -0.39 is 16.1 Å². The monoisotopic (exact) mass is 298 g/mol. The maximum Gasteiger partial charge on any atom is 0.244 e. The number of aliphatic hydroxyl groups is 1. The van der Waals surface area contributed by atoms with Crippen LogP contribution in [0.5, 0.6) is 0 Å². The van der Waals surface area contributed by atoms with Crippen LogP contribution in [0.3, 0.4) is 0 Å². The molecule has 1 saturated carbocycles. The van der Waals surface area contributed by atoms with Gasteiger partial charge in [0.2, 0.25) is 10.0 Å². The van der Waals surface area contributed by atoms with Gasteiger partial charge in [-0.05, 0) is 31.9 Å². The molecule has 0 aromatic carbocycles. The SMILES string of the molecule is CC(O)CN(C1CCCCC1)S(=O)(=O)c1cccnc1. The maximum atomic E-state index is 12.7. The Balaban J connectivity index is 2.29. The van der Waals surface area contributed by atoms with E-state index in [0.717, 1.165) is 32.1 Å². The van der Waals surface area contributed by atoms with Gasteiger partial charge in [-0.25, -0.2) is 8.42 Å². The van der Waals surface area contributed by atoms with Gasteiger partial charge in [0, 0.05) is 25.0 Å². The average Bonchev–Trinajstić information content (AvgIpc) is 2.46. The molecule has 1 aliphatic rings. The van der Waals surface area contributed by atoms with E-state index in [2.05, 4.69) is 4.98 Å². The van der Waals surface area contributed by atoms with Crippen LogP contribution < -0.4 is 0 Å². The maximum absolute atomic E-state index is 12.7. The largest absolute Gasteiger partial charge is 0.392 e. The Kier molecular flexibility index (Phi) is 5.12. The van der Waals surface area contributed by atoms with E-state index >= 15 is 0 Å². The van der Waals surface area contributed by atoms with Crippen LogP contribution in [0.15, 0.2) is 29.4 Å². The second-order valence-corrected chi connectivity index (χ2v) is 7.29. The molecule has 1 atom stereocenters. The zero-order valence-corrected chi connectivity index (χ0v) is 12.6. The summed E-state index contributed by atoms with van der Waals surface area (Å²) >= 11 is 0. The third kappa shape index (κ3) is 3.56. The van der Waals surface area contributed by atoms with Gasteiger partial charge in [-0.15, -0.1) is 0 Å². The van der Waals surface area contributed by atoms with Gasteiger partial charge < -0.3 is 5.11 Å². The minimum atomic E-state index is -3.58. The molecular formula is C14H22N2O3S. The number of aliphatic hydroxyl groups excluding tert-OH is 1. The summed E-state index contributed by atoms with van der Waals surface area (Å²) in [6.45, 7) is 1.76. The van der Waals surface area contributed by atoms with Gasteiger partial charge >= 0.3 is 0 Å². The summed E-state index contributed by atoms with van der Waals surface area (Å²) in [5.74, 6) is 0. The summed E-state index contributed by atoms with van der Waals surface area (Å²) in [5.41, 5.74) is 0. The van der Waals surface area contributed by atoms with Crippen molar-refractivity contribution >= 4 is 10.0 Å². The third-order valence-corrected chi connectivity index (χ3v) is 5.57. The number of aromatic nitrogens is 1. The summed E-state index contributed by atoms with van der Waals surface area (Å²) in [6, 6.07) is 3.16. The molecule has 0 aliphatic heterocycles. The number of pyridine rings is 1. The highest BCUT2D eigenvalue weighted by Gasteiger charge is 2.33. The summed E-state index contributed by atoms with van der Waals surface area (Å²) in [4.78, 5) is 4.09. The number of hydrogen-bond acceptors (Lipinski definition) is 4. The van der Waals surface area contributed by atoms with Crippen molar-refractivity contribution < 1.29 is 13.5 Å². The van der Waals surface area contributed by atoms with Crippen molar-refractivity contribution in [1.82, 2.24) is 9.29 Å². The van der Waals surface area contributed by atoms with Crippen LogP contribution in [0.4, 0.5) is 0 Å². The summed E-state index contributed by atoms with van der Waals surface area (Å²) in [6.07, 6.45) is 7.23. The lowest BCUT2D eigenvalue weighted by atomic mass is 9.95. The van der Waals surface area contributed by atoms with Gasteiger partial charge in [0.25, 0.3) is 0 Å². The molecule has 112 valence electrons. The van der Waals surface area contributed by atoms with Crippen molar-refractivity contribution in [1.29, 1.82) is 0 Å². The zero-order chi connectivity index (χ0) is 14.6. The van der Waals surface area contributed by atoms with E-state index in [-0.39, 0.29) is 17.5 Å². The molecular weight excluding hydrogens is 276 g/mol. The van der Waals surface area contributed by atoms with E-state index in [9.17, 15) is 13.5 Å². The van der Waals surface area contributed by atoms with Gasteiger partial charge in [0.1, 0.15) is 4.90 Å². The standard InChI is InChI=1S/C14H22N2O3S/c1-12(17)11-16(13-6-3-2-4-7-13)20(18,19)14-8-5-9-15-10-14/h5,8-10,12-13,17H,2-4,6-7,11H2,1H3. The molecule has 20 heavy (non-hydrogen) atoms. The molecule has 0 saturated heterocycles. The molecule has 1 unspecified atom stereocenters. The summed E-state index contributed by atoms with van der Waals surface area (Å²) in [5, 5.41) is 9.64. The molecule has 6 heteroatoms. The lowest BCUT2D eigenvalue weighted by Crippen LogP contribution is -2.44. The molecule has 1 aromatic rings. The van der Waals surface area contributed by atoms with Crippen molar-refractivity contribution in [3.63, 3.8) is 0 Å². The van der Waals surface area contributed by atoms with E-state index in [1.165, 1.54) is 10.5 Å².